The fraction of sp³-hybridized carbons (Fsp3) is 0.571. The number of halogens is 1. The van der Waals surface area contributed by atoms with Crippen LogP contribution in [0, 0.1) is 5.92 Å². The number of ether oxygens (including phenoxy) is 1. The highest BCUT2D eigenvalue weighted by atomic mass is 79.9. The molecule has 0 aromatic heterocycles. The van der Waals surface area contributed by atoms with E-state index >= 15 is 0 Å². The van der Waals surface area contributed by atoms with Crippen LogP contribution in [0.1, 0.15) is 19.4 Å². The number of sulfone groups is 1. The van der Waals surface area contributed by atoms with Crippen LogP contribution in [0.25, 0.3) is 0 Å². The third-order valence-electron chi connectivity index (χ3n) is 2.59. The van der Waals surface area contributed by atoms with Crippen molar-refractivity contribution in [3.05, 3.63) is 28.2 Å². The second kappa shape index (κ2) is 8.00. The van der Waals surface area contributed by atoms with Gasteiger partial charge in [0, 0.05) is 12.8 Å². The Balaban J connectivity index is 2.51. The Morgan fingerprint density at radius 3 is 2.60 bits per heavy atom. The van der Waals surface area contributed by atoms with Crippen molar-refractivity contribution in [3.8, 4) is 5.75 Å². The topological polar surface area (TPSA) is 55.4 Å². The summed E-state index contributed by atoms with van der Waals surface area (Å²) in [6.45, 7) is 6.29. The van der Waals surface area contributed by atoms with E-state index in [1.807, 2.05) is 18.2 Å². The van der Waals surface area contributed by atoms with Crippen molar-refractivity contribution in [2.24, 2.45) is 5.92 Å². The van der Waals surface area contributed by atoms with Crippen LogP contribution in [0.2, 0.25) is 0 Å². The molecule has 4 nitrogen and oxygen atoms in total. The molecule has 0 atom stereocenters. The van der Waals surface area contributed by atoms with E-state index < -0.39 is 9.84 Å². The van der Waals surface area contributed by atoms with Crippen LogP contribution >= 0.6 is 15.9 Å². The maximum atomic E-state index is 11.0. The van der Waals surface area contributed by atoms with Gasteiger partial charge in [0.1, 0.15) is 12.4 Å². The Labute approximate surface area is 130 Å². The van der Waals surface area contributed by atoms with Gasteiger partial charge in [0.25, 0.3) is 0 Å². The average Bonchev–Trinajstić information content (AvgIpc) is 2.30. The largest absolute Gasteiger partial charge is 0.491 e. The summed E-state index contributed by atoms with van der Waals surface area (Å²) in [5.74, 6) is 1.32. The van der Waals surface area contributed by atoms with E-state index in [2.05, 4.69) is 35.1 Å². The standard InChI is InChI=1S/C14H22BrNO3S/c1-11(2)9-16-10-12-4-5-14(13(15)8-12)19-6-7-20(3,17)18/h4-5,8,11,16H,6-7,9-10H2,1-3H3. The van der Waals surface area contributed by atoms with Crippen LogP contribution in [-0.4, -0.2) is 33.6 Å². The van der Waals surface area contributed by atoms with E-state index in [1.165, 1.54) is 6.26 Å². The molecular formula is C14H22BrNO3S. The summed E-state index contributed by atoms with van der Waals surface area (Å²) in [6.07, 6.45) is 1.20. The molecule has 6 heteroatoms. The number of rotatable bonds is 8. The van der Waals surface area contributed by atoms with E-state index in [-0.39, 0.29) is 12.4 Å². The van der Waals surface area contributed by atoms with Gasteiger partial charge in [0.2, 0.25) is 0 Å². The zero-order chi connectivity index (χ0) is 15.2. The predicted octanol–water partition coefficient (Wildman–Crippen LogP) is 2.62. The lowest BCUT2D eigenvalue weighted by Crippen LogP contribution is -2.19. The molecule has 0 aliphatic carbocycles. The zero-order valence-corrected chi connectivity index (χ0v) is 14.6. The van der Waals surface area contributed by atoms with Crippen molar-refractivity contribution in [3.63, 3.8) is 0 Å². The molecule has 1 rings (SSSR count). The molecule has 1 aromatic carbocycles. The second-order valence-electron chi connectivity index (χ2n) is 5.27. The van der Waals surface area contributed by atoms with Crippen LogP contribution in [0.15, 0.2) is 22.7 Å². The van der Waals surface area contributed by atoms with E-state index in [0.717, 1.165) is 23.1 Å². The summed E-state index contributed by atoms with van der Waals surface area (Å²) in [6, 6.07) is 5.83. The quantitative estimate of drug-likeness (QED) is 0.771. The van der Waals surface area contributed by atoms with Crippen LogP contribution in [0.5, 0.6) is 5.75 Å². The van der Waals surface area contributed by atoms with Gasteiger partial charge in [-0.05, 0) is 46.1 Å². The van der Waals surface area contributed by atoms with Gasteiger partial charge in [0.05, 0.1) is 10.2 Å². The second-order valence-corrected chi connectivity index (χ2v) is 8.38. The van der Waals surface area contributed by atoms with Crippen LogP contribution in [0.3, 0.4) is 0 Å². The van der Waals surface area contributed by atoms with Crippen molar-refractivity contribution in [1.29, 1.82) is 0 Å². The molecule has 1 N–H and O–H groups in total. The van der Waals surface area contributed by atoms with Gasteiger partial charge < -0.3 is 10.1 Å². The highest BCUT2D eigenvalue weighted by Gasteiger charge is 2.06. The predicted molar refractivity (Wildman–Crippen MR) is 85.9 cm³/mol. The van der Waals surface area contributed by atoms with Gasteiger partial charge in [-0.3, -0.25) is 0 Å². The molecule has 0 saturated heterocycles. The monoisotopic (exact) mass is 363 g/mol. The Hall–Kier alpha value is -0.590. The number of hydrogen-bond donors (Lipinski definition) is 1. The summed E-state index contributed by atoms with van der Waals surface area (Å²) in [5.41, 5.74) is 1.16. The van der Waals surface area contributed by atoms with Crippen LogP contribution in [0.4, 0.5) is 0 Å². The maximum absolute atomic E-state index is 11.0. The van der Waals surface area contributed by atoms with Crippen molar-refractivity contribution in [2.75, 3.05) is 25.2 Å². The first-order chi connectivity index (χ1) is 9.28. The molecule has 1 aromatic rings. The Morgan fingerprint density at radius 1 is 1.35 bits per heavy atom. The van der Waals surface area contributed by atoms with Crippen molar-refractivity contribution < 1.29 is 13.2 Å². The lowest BCUT2D eigenvalue weighted by Gasteiger charge is -2.11. The minimum atomic E-state index is -2.99. The van der Waals surface area contributed by atoms with E-state index in [9.17, 15) is 8.42 Å². The molecule has 0 bridgehead atoms. The molecule has 0 amide bonds. The lowest BCUT2D eigenvalue weighted by molar-refractivity contribution is 0.339. The summed E-state index contributed by atoms with van der Waals surface area (Å²) >= 11 is 3.45. The van der Waals surface area contributed by atoms with Crippen LogP contribution < -0.4 is 10.1 Å². The summed E-state index contributed by atoms with van der Waals surface area (Å²) in [7, 11) is -2.99. The van der Waals surface area contributed by atoms with Crippen molar-refractivity contribution in [1.82, 2.24) is 5.32 Å². The van der Waals surface area contributed by atoms with Crippen LogP contribution in [-0.2, 0) is 16.4 Å². The molecule has 0 fully saturated rings. The minimum absolute atomic E-state index is 0.0249. The first-order valence-corrected chi connectivity index (χ1v) is 9.43. The van der Waals surface area contributed by atoms with Gasteiger partial charge in [-0.2, -0.15) is 0 Å². The first-order valence-electron chi connectivity index (χ1n) is 6.57. The number of nitrogens with one attached hydrogen (secondary N) is 1. The number of hydrogen-bond acceptors (Lipinski definition) is 4. The molecule has 20 heavy (non-hydrogen) atoms. The molecule has 114 valence electrons. The molecule has 0 unspecified atom stereocenters. The normalized spacial score (nSPS) is 11.8. The first kappa shape index (κ1) is 17.5. The Morgan fingerprint density at radius 2 is 2.05 bits per heavy atom. The summed E-state index contributed by atoms with van der Waals surface area (Å²) in [4.78, 5) is 0. The fourth-order valence-corrected chi connectivity index (χ4v) is 2.51. The highest BCUT2D eigenvalue weighted by Crippen LogP contribution is 2.26. The molecule has 0 saturated carbocycles. The molecule has 0 radical (unpaired) electrons. The van der Waals surface area contributed by atoms with E-state index in [1.54, 1.807) is 0 Å². The molecule has 0 aliphatic heterocycles. The third-order valence-corrected chi connectivity index (χ3v) is 4.12. The molecule has 0 spiro atoms. The van der Waals surface area contributed by atoms with Crippen molar-refractivity contribution in [2.45, 2.75) is 20.4 Å². The van der Waals surface area contributed by atoms with Gasteiger partial charge in [-0.15, -0.1) is 0 Å². The third kappa shape index (κ3) is 7.26. The SMILES string of the molecule is CC(C)CNCc1ccc(OCCS(C)(=O)=O)c(Br)c1. The summed E-state index contributed by atoms with van der Waals surface area (Å²) in [5, 5.41) is 3.37. The molecule has 0 heterocycles. The maximum Gasteiger partial charge on any atom is 0.150 e. The Kier molecular flexibility index (Phi) is 6.99. The van der Waals surface area contributed by atoms with Crippen molar-refractivity contribution >= 4 is 25.8 Å². The van der Waals surface area contributed by atoms with E-state index in [4.69, 9.17) is 4.74 Å². The fourth-order valence-electron chi connectivity index (χ4n) is 1.58. The van der Waals surface area contributed by atoms with Gasteiger partial charge in [0.15, 0.2) is 9.84 Å². The number of benzene rings is 1. The minimum Gasteiger partial charge on any atom is -0.491 e. The lowest BCUT2D eigenvalue weighted by atomic mass is 10.2. The summed E-state index contributed by atoms with van der Waals surface area (Å²) < 4.78 is 28.4. The van der Waals surface area contributed by atoms with Gasteiger partial charge in [-0.1, -0.05) is 19.9 Å². The van der Waals surface area contributed by atoms with Gasteiger partial charge >= 0.3 is 0 Å². The van der Waals surface area contributed by atoms with E-state index in [0.29, 0.717) is 11.7 Å². The molecule has 0 aliphatic rings. The molecular weight excluding hydrogens is 342 g/mol. The highest BCUT2D eigenvalue weighted by molar-refractivity contribution is 9.10. The average molecular weight is 364 g/mol. The zero-order valence-electron chi connectivity index (χ0n) is 12.1. The Bertz CT molecular complexity index is 529. The van der Waals surface area contributed by atoms with Gasteiger partial charge in [-0.25, -0.2) is 8.42 Å². The smallest absolute Gasteiger partial charge is 0.150 e.